The number of carbonyl (C=O) groups excluding carboxylic acids is 1. The lowest BCUT2D eigenvalue weighted by atomic mass is 10.0. The normalized spacial score (nSPS) is 18.3. The van der Waals surface area contributed by atoms with Crippen LogP contribution >= 0.6 is 0 Å². The minimum absolute atomic E-state index is 0.0529. The van der Waals surface area contributed by atoms with Crippen LogP contribution in [0.15, 0.2) is 18.2 Å². The van der Waals surface area contributed by atoms with E-state index in [1.165, 1.54) is 6.42 Å². The third-order valence-corrected chi connectivity index (χ3v) is 4.40. The molecule has 1 aromatic carbocycles. The van der Waals surface area contributed by atoms with Crippen molar-refractivity contribution in [2.75, 3.05) is 26.8 Å². The maximum atomic E-state index is 12.9. The van der Waals surface area contributed by atoms with Crippen LogP contribution in [0, 0.1) is 12.8 Å². The Kier molecular flexibility index (Phi) is 6.46. The van der Waals surface area contributed by atoms with Crippen LogP contribution in [-0.2, 0) is 4.74 Å². The number of nitrogens with zero attached hydrogens (tertiary/aromatic N) is 1. The van der Waals surface area contributed by atoms with E-state index >= 15 is 0 Å². The second-order valence-corrected chi connectivity index (χ2v) is 6.72. The lowest BCUT2D eigenvalue weighted by Crippen LogP contribution is -2.45. The van der Waals surface area contributed by atoms with Gasteiger partial charge in [0.25, 0.3) is 5.91 Å². The number of methoxy groups -OCH3 is 1. The third kappa shape index (κ3) is 4.71. The van der Waals surface area contributed by atoms with Crippen molar-refractivity contribution >= 4 is 5.91 Å². The SMILES string of the molecule is COc1cccc(C)c1C(=O)N1CCOC(CCCC(C)C)C1. The van der Waals surface area contributed by atoms with Crippen LogP contribution in [0.3, 0.4) is 0 Å². The van der Waals surface area contributed by atoms with Gasteiger partial charge in [-0.3, -0.25) is 4.79 Å². The Labute approximate surface area is 139 Å². The smallest absolute Gasteiger partial charge is 0.258 e. The molecule has 1 atom stereocenters. The van der Waals surface area contributed by atoms with E-state index in [0.717, 1.165) is 18.4 Å². The molecule has 1 aromatic rings. The molecule has 0 aromatic heterocycles. The summed E-state index contributed by atoms with van der Waals surface area (Å²) in [6.45, 7) is 8.37. The summed E-state index contributed by atoms with van der Waals surface area (Å²) in [4.78, 5) is 14.8. The Morgan fingerprint density at radius 1 is 1.43 bits per heavy atom. The molecule has 1 saturated heterocycles. The molecule has 2 rings (SSSR count). The zero-order valence-corrected chi connectivity index (χ0v) is 14.8. The molecule has 1 amide bonds. The maximum absolute atomic E-state index is 12.9. The third-order valence-electron chi connectivity index (χ3n) is 4.40. The topological polar surface area (TPSA) is 38.8 Å². The van der Waals surface area contributed by atoms with Gasteiger partial charge in [-0.25, -0.2) is 0 Å². The fourth-order valence-corrected chi connectivity index (χ4v) is 3.08. The number of benzene rings is 1. The second kappa shape index (κ2) is 8.34. The van der Waals surface area contributed by atoms with Crippen molar-refractivity contribution < 1.29 is 14.3 Å². The molecule has 1 heterocycles. The number of morpholine rings is 1. The standard InChI is InChI=1S/C19H29NO3/c1-14(2)7-5-9-16-13-20(11-12-23-16)19(21)18-15(3)8-6-10-17(18)22-4/h6,8,10,14,16H,5,7,9,11-13H2,1-4H3. The van der Waals surface area contributed by atoms with E-state index < -0.39 is 0 Å². The number of hydrogen-bond acceptors (Lipinski definition) is 3. The zero-order chi connectivity index (χ0) is 16.8. The van der Waals surface area contributed by atoms with Gasteiger partial charge in [-0.15, -0.1) is 0 Å². The molecule has 0 bridgehead atoms. The van der Waals surface area contributed by atoms with Crippen LogP contribution in [0.2, 0.25) is 0 Å². The van der Waals surface area contributed by atoms with Gasteiger partial charge >= 0.3 is 0 Å². The van der Waals surface area contributed by atoms with Gasteiger partial charge in [-0.2, -0.15) is 0 Å². The van der Waals surface area contributed by atoms with Crippen molar-refractivity contribution in [2.24, 2.45) is 5.92 Å². The summed E-state index contributed by atoms with van der Waals surface area (Å²) in [7, 11) is 1.61. The highest BCUT2D eigenvalue weighted by Gasteiger charge is 2.27. The van der Waals surface area contributed by atoms with E-state index in [1.54, 1.807) is 7.11 Å². The van der Waals surface area contributed by atoms with Crippen LogP contribution in [-0.4, -0.2) is 43.7 Å². The van der Waals surface area contributed by atoms with Gasteiger partial charge in [-0.05, 0) is 30.9 Å². The van der Waals surface area contributed by atoms with Gasteiger partial charge < -0.3 is 14.4 Å². The summed E-state index contributed by atoms with van der Waals surface area (Å²) in [5.41, 5.74) is 1.63. The van der Waals surface area contributed by atoms with Crippen molar-refractivity contribution in [1.29, 1.82) is 0 Å². The molecule has 1 unspecified atom stereocenters. The predicted molar refractivity (Wildman–Crippen MR) is 92.1 cm³/mol. The van der Waals surface area contributed by atoms with E-state index in [2.05, 4.69) is 13.8 Å². The molecular weight excluding hydrogens is 290 g/mol. The zero-order valence-electron chi connectivity index (χ0n) is 14.8. The van der Waals surface area contributed by atoms with Crippen molar-refractivity contribution in [2.45, 2.75) is 46.1 Å². The van der Waals surface area contributed by atoms with E-state index in [-0.39, 0.29) is 12.0 Å². The molecule has 0 spiro atoms. The monoisotopic (exact) mass is 319 g/mol. The Morgan fingerprint density at radius 3 is 2.91 bits per heavy atom. The van der Waals surface area contributed by atoms with Gasteiger partial charge in [0, 0.05) is 13.1 Å². The highest BCUT2D eigenvalue weighted by atomic mass is 16.5. The molecule has 1 fully saturated rings. The fraction of sp³-hybridized carbons (Fsp3) is 0.632. The van der Waals surface area contributed by atoms with E-state index in [1.807, 2.05) is 30.0 Å². The summed E-state index contributed by atoms with van der Waals surface area (Å²) < 4.78 is 11.2. The van der Waals surface area contributed by atoms with E-state index in [9.17, 15) is 4.79 Å². The molecule has 23 heavy (non-hydrogen) atoms. The lowest BCUT2D eigenvalue weighted by molar-refractivity contribution is -0.0261. The van der Waals surface area contributed by atoms with Crippen molar-refractivity contribution in [1.82, 2.24) is 4.90 Å². The highest BCUT2D eigenvalue weighted by molar-refractivity contribution is 5.98. The van der Waals surface area contributed by atoms with E-state index in [0.29, 0.717) is 36.9 Å². The average Bonchev–Trinajstić information content (AvgIpc) is 2.54. The van der Waals surface area contributed by atoms with Gasteiger partial charge in [0.05, 0.1) is 25.4 Å². The molecule has 0 N–H and O–H groups in total. The minimum atomic E-state index is 0.0529. The number of rotatable bonds is 6. The Bertz CT molecular complexity index is 527. The maximum Gasteiger partial charge on any atom is 0.258 e. The number of carbonyl (C=O) groups is 1. The molecule has 0 aliphatic carbocycles. The number of hydrogen-bond donors (Lipinski definition) is 0. The van der Waals surface area contributed by atoms with Crippen LogP contribution in [0.25, 0.3) is 0 Å². The summed E-state index contributed by atoms with van der Waals surface area (Å²) in [5, 5.41) is 0. The summed E-state index contributed by atoms with van der Waals surface area (Å²) in [6.07, 6.45) is 3.53. The summed E-state index contributed by atoms with van der Waals surface area (Å²) >= 11 is 0. The molecule has 0 radical (unpaired) electrons. The first-order valence-corrected chi connectivity index (χ1v) is 8.57. The number of amides is 1. The molecule has 0 saturated carbocycles. The molecular formula is C19H29NO3. The van der Waals surface area contributed by atoms with Gasteiger partial charge in [0.15, 0.2) is 0 Å². The Hall–Kier alpha value is -1.55. The quantitative estimate of drug-likeness (QED) is 0.803. The molecule has 1 aliphatic rings. The lowest BCUT2D eigenvalue weighted by Gasteiger charge is -2.33. The van der Waals surface area contributed by atoms with Crippen molar-refractivity contribution in [3.05, 3.63) is 29.3 Å². The van der Waals surface area contributed by atoms with Gasteiger partial charge in [0.2, 0.25) is 0 Å². The van der Waals surface area contributed by atoms with Gasteiger partial charge in [-0.1, -0.05) is 38.8 Å². The highest BCUT2D eigenvalue weighted by Crippen LogP contribution is 2.25. The summed E-state index contributed by atoms with van der Waals surface area (Å²) in [6, 6.07) is 5.72. The largest absolute Gasteiger partial charge is 0.496 e. The average molecular weight is 319 g/mol. The van der Waals surface area contributed by atoms with Crippen LogP contribution in [0.5, 0.6) is 5.75 Å². The fourth-order valence-electron chi connectivity index (χ4n) is 3.08. The summed E-state index contributed by atoms with van der Waals surface area (Å²) in [5.74, 6) is 1.42. The molecule has 128 valence electrons. The van der Waals surface area contributed by atoms with Crippen LogP contribution in [0.4, 0.5) is 0 Å². The first kappa shape index (κ1) is 17.8. The Morgan fingerprint density at radius 2 is 2.22 bits per heavy atom. The minimum Gasteiger partial charge on any atom is -0.496 e. The van der Waals surface area contributed by atoms with Crippen molar-refractivity contribution in [3.63, 3.8) is 0 Å². The Balaban J connectivity index is 2.02. The first-order chi connectivity index (χ1) is 11.0. The van der Waals surface area contributed by atoms with Crippen LogP contribution in [0.1, 0.15) is 49.0 Å². The number of aryl methyl sites for hydroxylation is 1. The van der Waals surface area contributed by atoms with E-state index in [4.69, 9.17) is 9.47 Å². The molecule has 4 nitrogen and oxygen atoms in total. The second-order valence-electron chi connectivity index (χ2n) is 6.72. The molecule has 1 aliphatic heterocycles. The molecule has 4 heteroatoms. The predicted octanol–water partition coefficient (Wildman–Crippen LogP) is 3.67. The first-order valence-electron chi connectivity index (χ1n) is 8.57. The van der Waals surface area contributed by atoms with Gasteiger partial charge in [0.1, 0.15) is 5.75 Å². The van der Waals surface area contributed by atoms with Crippen molar-refractivity contribution in [3.8, 4) is 5.75 Å². The number of ether oxygens (including phenoxy) is 2. The van der Waals surface area contributed by atoms with Crippen LogP contribution < -0.4 is 4.74 Å².